The second-order valence-corrected chi connectivity index (χ2v) is 4.59. The topological polar surface area (TPSA) is 49.3 Å². The van der Waals surface area contributed by atoms with E-state index in [4.69, 9.17) is 5.21 Å². The third kappa shape index (κ3) is 6.41. The van der Waals surface area contributed by atoms with Crippen LogP contribution in [0.5, 0.6) is 0 Å². The van der Waals surface area contributed by atoms with E-state index in [9.17, 15) is 4.79 Å². The minimum absolute atomic E-state index is 0. The van der Waals surface area contributed by atoms with E-state index in [2.05, 4.69) is 26.2 Å². The molecule has 1 amide bonds. The molecule has 0 saturated carbocycles. The quantitative estimate of drug-likeness (QED) is 0.382. The highest BCUT2D eigenvalue weighted by Gasteiger charge is 2.17. The number of benzene rings is 1. The Bertz CT molecular complexity index is 342. The van der Waals surface area contributed by atoms with E-state index >= 15 is 0 Å². The van der Waals surface area contributed by atoms with Gasteiger partial charge in [0.25, 0.3) is 0 Å². The Hall–Kier alpha value is -0.910. The normalized spacial score (nSPS) is 10.5. The lowest BCUT2D eigenvalue weighted by Crippen LogP contribution is -3.00. The molecule has 17 heavy (non-hydrogen) atoms. The lowest BCUT2D eigenvalue weighted by Gasteiger charge is -2.29. The Morgan fingerprint density at radius 2 is 1.88 bits per heavy atom. The molecule has 0 radical (unpaired) electrons. The van der Waals surface area contributed by atoms with Crippen LogP contribution in [0.4, 0.5) is 0 Å². The highest BCUT2D eigenvalue weighted by Crippen LogP contribution is 2.09. The summed E-state index contributed by atoms with van der Waals surface area (Å²) in [6.07, 6.45) is 0.330. The molecule has 0 spiro atoms. The molecule has 1 aromatic rings. The molecule has 1 aromatic carbocycles. The molecule has 5 heteroatoms. The zero-order valence-corrected chi connectivity index (χ0v) is 11.8. The number of amides is 1. The molecule has 4 nitrogen and oxygen atoms in total. The van der Waals surface area contributed by atoms with E-state index in [-0.39, 0.29) is 22.9 Å². The van der Waals surface area contributed by atoms with Gasteiger partial charge in [-0.2, -0.15) is 0 Å². The summed E-state index contributed by atoms with van der Waals surface area (Å²) in [4.78, 5) is 10.9. The van der Waals surface area contributed by atoms with Gasteiger partial charge in [0.2, 0.25) is 5.91 Å². The van der Waals surface area contributed by atoms with Crippen LogP contribution in [0.2, 0.25) is 0 Å². The van der Waals surface area contributed by atoms with Gasteiger partial charge in [-0.15, -0.1) is 0 Å². The molecule has 0 aliphatic heterocycles. The highest BCUT2D eigenvalue weighted by atomic mass is 79.9. The highest BCUT2D eigenvalue weighted by molar-refractivity contribution is 5.74. The average Bonchev–Trinajstić information content (AvgIpc) is 2.27. The molecule has 0 aliphatic rings. The van der Waals surface area contributed by atoms with Gasteiger partial charge < -0.3 is 21.5 Å². The van der Waals surface area contributed by atoms with Crippen molar-refractivity contribution in [3.05, 3.63) is 35.9 Å². The van der Waals surface area contributed by atoms with Gasteiger partial charge in [-0.3, -0.25) is 10.0 Å². The maximum atomic E-state index is 10.9. The molecule has 0 heterocycles. The van der Waals surface area contributed by atoms with Crippen molar-refractivity contribution in [1.29, 1.82) is 0 Å². The number of hydrogen-bond donors (Lipinski definition) is 2. The molecule has 96 valence electrons. The largest absolute Gasteiger partial charge is 1.00 e. The number of carbonyl (C=O) groups excluding carboxylic acids is 1. The minimum atomic E-state index is -0.334. The minimum Gasteiger partial charge on any atom is -1.00 e. The monoisotopic (exact) mass is 302 g/mol. The Labute approximate surface area is 113 Å². The average molecular weight is 303 g/mol. The van der Waals surface area contributed by atoms with Crippen LogP contribution in [0.15, 0.2) is 30.3 Å². The Morgan fingerprint density at radius 1 is 1.29 bits per heavy atom. The number of carbonyl (C=O) groups is 1. The van der Waals surface area contributed by atoms with Gasteiger partial charge in [0, 0.05) is 5.56 Å². The van der Waals surface area contributed by atoms with E-state index in [1.54, 1.807) is 5.48 Å². The van der Waals surface area contributed by atoms with Crippen molar-refractivity contribution < 1.29 is 31.5 Å². The van der Waals surface area contributed by atoms with Crippen LogP contribution in [0.1, 0.15) is 12.0 Å². The summed E-state index contributed by atoms with van der Waals surface area (Å²) in [5.41, 5.74) is 2.90. The summed E-state index contributed by atoms with van der Waals surface area (Å²) in [6.45, 7) is 1.57. The molecule has 0 aliphatic carbocycles. The first-order valence-corrected chi connectivity index (χ1v) is 5.32. The number of halogens is 1. The van der Waals surface area contributed by atoms with Crippen molar-refractivity contribution >= 4 is 5.91 Å². The van der Waals surface area contributed by atoms with Gasteiger partial charge in [0.15, 0.2) is 0 Å². The SMILES string of the molecule is C[N+](C)(CCC(=O)NO)Cc1ccccc1.[Br-]. The summed E-state index contributed by atoms with van der Waals surface area (Å²) in [6, 6.07) is 10.2. The fraction of sp³-hybridized carbons (Fsp3) is 0.417. The molecule has 1 rings (SSSR count). The smallest absolute Gasteiger partial charge is 0.249 e. The van der Waals surface area contributed by atoms with E-state index in [1.807, 2.05) is 18.2 Å². The number of hydroxylamine groups is 1. The first kappa shape index (κ1) is 16.1. The van der Waals surface area contributed by atoms with Gasteiger partial charge >= 0.3 is 0 Å². The second-order valence-electron chi connectivity index (χ2n) is 4.59. The van der Waals surface area contributed by atoms with Crippen LogP contribution in [0, 0.1) is 0 Å². The summed E-state index contributed by atoms with van der Waals surface area (Å²) < 4.78 is 0.720. The molecule has 0 atom stereocenters. The van der Waals surface area contributed by atoms with Crippen LogP contribution in [0.3, 0.4) is 0 Å². The van der Waals surface area contributed by atoms with Crippen LogP contribution in [-0.4, -0.2) is 36.2 Å². The Balaban J connectivity index is 0.00000256. The first-order chi connectivity index (χ1) is 7.53. The van der Waals surface area contributed by atoms with Gasteiger partial charge in [0.05, 0.1) is 27.1 Å². The fourth-order valence-electron chi connectivity index (χ4n) is 1.62. The molecule has 0 bridgehead atoms. The predicted octanol–water partition coefficient (Wildman–Crippen LogP) is -1.84. The molecule has 2 N–H and O–H groups in total. The van der Waals surface area contributed by atoms with E-state index in [0.717, 1.165) is 11.0 Å². The van der Waals surface area contributed by atoms with Crippen LogP contribution >= 0.6 is 0 Å². The van der Waals surface area contributed by atoms with Crippen LogP contribution < -0.4 is 22.5 Å². The lowest BCUT2D eigenvalue weighted by molar-refractivity contribution is -0.903. The van der Waals surface area contributed by atoms with Crippen molar-refractivity contribution in [2.75, 3.05) is 20.6 Å². The molecule has 0 fully saturated rings. The summed E-state index contributed by atoms with van der Waals surface area (Å²) in [5.74, 6) is -0.334. The van der Waals surface area contributed by atoms with Crippen molar-refractivity contribution in [3.8, 4) is 0 Å². The summed E-state index contributed by atoms with van der Waals surface area (Å²) in [5, 5.41) is 8.41. The second kappa shape index (κ2) is 7.42. The zero-order valence-electron chi connectivity index (χ0n) is 10.2. The van der Waals surface area contributed by atoms with Gasteiger partial charge in [-0.25, -0.2) is 5.48 Å². The predicted molar refractivity (Wildman–Crippen MR) is 61.7 cm³/mol. The molecular weight excluding hydrogens is 284 g/mol. The maximum absolute atomic E-state index is 10.9. The standard InChI is InChI=1S/C12H18N2O2.BrH/c1-14(2,9-8-12(15)13-16)10-11-6-4-3-5-7-11;/h3-7H,8-10H2,1-2H3,(H-,13,15,16);1H. The van der Waals surface area contributed by atoms with Gasteiger partial charge in [-0.1, -0.05) is 30.3 Å². The number of hydrogen-bond acceptors (Lipinski definition) is 2. The number of quaternary nitrogens is 1. The van der Waals surface area contributed by atoms with Crippen molar-refractivity contribution in [2.45, 2.75) is 13.0 Å². The van der Waals surface area contributed by atoms with Crippen molar-refractivity contribution in [1.82, 2.24) is 5.48 Å². The van der Waals surface area contributed by atoms with Crippen LogP contribution in [-0.2, 0) is 11.3 Å². The van der Waals surface area contributed by atoms with Gasteiger partial charge in [0.1, 0.15) is 6.54 Å². The number of rotatable bonds is 5. The van der Waals surface area contributed by atoms with Crippen molar-refractivity contribution in [2.24, 2.45) is 0 Å². The number of nitrogens with one attached hydrogen (secondary N) is 1. The van der Waals surface area contributed by atoms with Gasteiger partial charge in [-0.05, 0) is 0 Å². The summed E-state index contributed by atoms with van der Waals surface area (Å²) in [7, 11) is 4.13. The zero-order chi connectivity index (χ0) is 12.0. The maximum Gasteiger partial charge on any atom is 0.249 e. The van der Waals surface area contributed by atoms with E-state index in [1.165, 1.54) is 5.56 Å². The molecule has 0 aromatic heterocycles. The Morgan fingerprint density at radius 3 is 2.41 bits per heavy atom. The third-order valence-corrected chi connectivity index (χ3v) is 2.52. The fourth-order valence-corrected chi connectivity index (χ4v) is 1.62. The third-order valence-electron chi connectivity index (χ3n) is 2.52. The Kier molecular flexibility index (Phi) is 7.03. The first-order valence-electron chi connectivity index (χ1n) is 5.32. The van der Waals surface area contributed by atoms with E-state index in [0.29, 0.717) is 13.0 Å². The summed E-state index contributed by atoms with van der Waals surface area (Å²) >= 11 is 0. The number of nitrogens with zero attached hydrogens (tertiary/aromatic N) is 1. The van der Waals surface area contributed by atoms with Crippen molar-refractivity contribution in [3.63, 3.8) is 0 Å². The van der Waals surface area contributed by atoms with E-state index < -0.39 is 0 Å². The molecular formula is C12H19BrN2O2. The molecule has 0 saturated heterocycles. The lowest BCUT2D eigenvalue weighted by atomic mass is 10.2. The molecule has 0 unspecified atom stereocenters. The van der Waals surface area contributed by atoms with Crippen LogP contribution in [0.25, 0.3) is 0 Å².